The molecule has 2 aromatic rings. The van der Waals surface area contributed by atoms with Crippen molar-refractivity contribution in [1.82, 2.24) is 13.9 Å². The van der Waals surface area contributed by atoms with Gasteiger partial charge in [0.15, 0.2) is 0 Å². The first kappa shape index (κ1) is 16.3. The zero-order chi connectivity index (χ0) is 16.4. The topological polar surface area (TPSA) is 44.2 Å². The van der Waals surface area contributed by atoms with Crippen molar-refractivity contribution in [2.24, 2.45) is 4.99 Å². The lowest BCUT2D eigenvalue weighted by molar-refractivity contribution is 0.443. The number of rotatable bonds is 4. The molecule has 1 aromatic heterocycles. The van der Waals surface area contributed by atoms with Crippen molar-refractivity contribution in [3.8, 4) is 5.69 Å². The Labute approximate surface area is 131 Å². The summed E-state index contributed by atoms with van der Waals surface area (Å²) in [6.45, 7) is 12.2. The van der Waals surface area contributed by atoms with E-state index in [4.69, 9.17) is 4.99 Å². The molecule has 22 heavy (non-hydrogen) atoms. The Morgan fingerprint density at radius 3 is 1.95 bits per heavy atom. The van der Waals surface area contributed by atoms with Crippen LogP contribution in [0.5, 0.6) is 0 Å². The normalized spacial score (nSPS) is 12.9. The van der Waals surface area contributed by atoms with Crippen LogP contribution in [-0.2, 0) is 0 Å². The lowest BCUT2D eigenvalue weighted by Gasteiger charge is -2.14. The van der Waals surface area contributed by atoms with Gasteiger partial charge in [-0.25, -0.2) is 14.5 Å². The van der Waals surface area contributed by atoms with Crippen LogP contribution >= 0.6 is 0 Å². The van der Waals surface area contributed by atoms with Gasteiger partial charge in [0.25, 0.3) is 0 Å². The van der Waals surface area contributed by atoms with Crippen molar-refractivity contribution in [3.05, 3.63) is 46.4 Å². The van der Waals surface area contributed by atoms with Gasteiger partial charge in [0.2, 0.25) is 5.62 Å². The third-order valence-electron chi connectivity index (χ3n) is 3.40. The van der Waals surface area contributed by atoms with Gasteiger partial charge >= 0.3 is 5.69 Å². The lowest BCUT2D eigenvalue weighted by Crippen LogP contribution is -2.33. The van der Waals surface area contributed by atoms with Crippen LogP contribution in [0.2, 0.25) is 0 Å². The molecule has 0 saturated carbocycles. The number of nitrogens with zero attached hydrogens (tertiary/aromatic N) is 4. The first-order valence-corrected chi connectivity index (χ1v) is 7.90. The van der Waals surface area contributed by atoms with Gasteiger partial charge in [0, 0.05) is 18.1 Å². The van der Waals surface area contributed by atoms with Gasteiger partial charge in [0.05, 0.1) is 5.69 Å². The summed E-state index contributed by atoms with van der Waals surface area (Å²) in [5.74, 6) is 0. The summed E-state index contributed by atoms with van der Waals surface area (Å²) in [5.41, 5.74) is 1.55. The van der Waals surface area contributed by atoms with E-state index in [1.807, 2.05) is 62.7 Å². The standard InChI is InChI=1S/C17H26N4O/c1-12(2)18-16-19(13(3)4)17(22)21(20(16)14(5)6)15-10-8-7-9-11-15/h7-14H,1-6H3. The van der Waals surface area contributed by atoms with Crippen LogP contribution in [0.15, 0.2) is 40.1 Å². The molecule has 0 aliphatic carbocycles. The monoisotopic (exact) mass is 302 g/mol. The van der Waals surface area contributed by atoms with E-state index in [-0.39, 0.29) is 23.8 Å². The average Bonchev–Trinajstić information content (AvgIpc) is 2.71. The van der Waals surface area contributed by atoms with Gasteiger partial charge in [-0.15, -0.1) is 0 Å². The molecule has 5 nitrogen and oxygen atoms in total. The second-order valence-corrected chi connectivity index (χ2v) is 6.35. The molecule has 1 aromatic carbocycles. The van der Waals surface area contributed by atoms with Gasteiger partial charge in [0.1, 0.15) is 0 Å². The molecule has 0 saturated heterocycles. The molecule has 0 bridgehead atoms. The molecule has 0 amide bonds. The maximum Gasteiger partial charge on any atom is 0.350 e. The summed E-state index contributed by atoms with van der Waals surface area (Å²) in [5, 5.41) is 0. The van der Waals surface area contributed by atoms with Crippen molar-refractivity contribution in [1.29, 1.82) is 0 Å². The summed E-state index contributed by atoms with van der Waals surface area (Å²) in [4.78, 5) is 17.7. The predicted molar refractivity (Wildman–Crippen MR) is 89.5 cm³/mol. The number of benzene rings is 1. The maximum absolute atomic E-state index is 13.0. The number of hydrogen-bond donors (Lipinski definition) is 0. The molecule has 1 heterocycles. The molecule has 2 rings (SSSR count). The van der Waals surface area contributed by atoms with Crippen LogP contribution in [-0.4, -0.2) is 20.0 Å². The molecule has 0 atom stereocenters. The molecule has 0 fully saturated rings. The van der Waals surface area contributed by atoms with Gasteiger partial charge in [-0.2, -0.15) is 4.68 Å². The second-order valence-electron chi connectivity index (χ2n) is 6.35. The minimum Gasteiger partial charge on any atom is -0.259 e. The number of hydrogen-bond acceptors (Lipinski definition) is 2. The Morgan fingerprint density at radius 2 is 1.50 bits per heavy atom. The van der Waals surface area contributed by atoms with E-state index >= 15 is 0 Å². The predicted octanol–water partition coefficient (Wildman–Crippen LogP) is 2.91. The van der Waals surface area contributed by atoms with Crippen molar-refractivity contribution < 1.29 is 0 Å². The first-order chi connectivity index (χ1) is 10.3. The minimum absolute atomic E-state index is 0.0469. The van der Waals surface area contributed by atoms with Gasteiger partial charge in [-0.1, -0.05) is 18.2 Å². The fourth-order valence-corrected chi connectivity index (χ4v) is 2.55. The smallest absolute Gasteiger partial charge is 0.259 e. The summed E-state index contributed by atoms with van der Waals surface area (Å²) >= 11 is 0. The number of para-hydroxylation sites is 1. The highest BCUT2D eigenvalue weighted by atomic mass is 16.2. The fourth-order valence-electron chi connectivity index (χ4n) is 2.55. The minimum atomic E-state index is -0.0469. The molecule has 0 radical (unpaired) electrons. The Balaban J connectivity index is 2.94. The van der Waals surface area contributed by atoms with Gasteiger partial charge < -0.3 is 0 Å². The van der Waals surface area contributed by atoms with Crippen molar-refractivity contribution in [3.63, 3.8) is 0 Å². The highest BCUT2D eigenvalue weighted by molar-refractivity contribution is 5.29. The van der Waals surface area contributed by atoms with E-state index in [1.54, 1.807) is 9.25 Å². The Morgan fingerprint density at radius 1 is 0.909 bits per heavy atom. The maximum atomic E-state index is 13.0. The molecule has 0 aliphatic heterocycles. The third-order valence-corrected chi connectivity index (χ3v) is 3.40. The Kier molecular flexibility index (Phi) is 4.74. The molecular formula is C17H26N4O. The van der Waals surface area contributed by atoms with Crippen LogP contribution in [0, 0.1) is 0 Å². The summed E-state index contributed by atoms with van der Waals surface area (Å²) < 4.78 is 5.48. The summed E-state index contributed by atoms with van der Waals surface area (Å²) in [6.07, 6.45) is 0. The van der Waals surface area contributed by atoms with E-state index in [0.29, 0.717) is 0 Å². The largest absolute Gasteiger partial charge is 0.350 e. The lowest BCUT2D eigenvalue weighted by atomic mass is 10.3. The van der Waals surface area contributed by atoms with E-state index < -0.39 is 0 Å². The molecule has 120 valence electrons. The summed E-state index contributed by atoms with van der Waals surface area (Å²) in [7, 11) is 0. The highest BCUT2D eigenvalue weighted by Crippen LogP contribution is 2.09. The van der Waals surface area contributed by atoms with E-state index in [1.165, 1.54) is 0 Å². The van der Waals surface area contributed by atoms with E-state index in [0.717, 1.165) is 11.3 Å². The molecule has 5 heteroatoms. The zero-order valence-corrected chi connectivity index (χ0v) is 14.3. The first-order valence-electron chi connectivity index (χ1n) is 7.90. The molecule has 0 unspecified atom stereocenters. The van der Waals surface area contributed by atoms with Crippen molar-refractivity contribution in [2.75, 3.05) is 0 Å². The number of aromatic nitrogens is 3. The van der Waals surface area contributed by atoms with Crippen molar-refractivity contribution in [2.45, 2.75) is 59.7 Å². The van der Waals surface area contributed by atoms with Gasteiger partial charge in [-0.05, 0) is 53.7 Å². The molecule has 0 aliphatic rings. The quantitative estimate of drug-likeness (QED) is 0.856. The molecular weight excluding hydrogens is 276 g/mol. The van der Waals surface area contributed by atoms with Crippen LogP contribution in [0.1, 0.15) is 53.6 Å². The summed E-state index contributed by atoms with van der Waals surface area (Å²) in [6, 6.07) is 10.0. The Bertz CT molecular complexity index is 745. The van der Waals surface area contributed by atoms with Crippen LogP contribution in [0.4, 0.5) is 0 Å². The van der Waals surface area contributed by atoms with Gasteiger partial charge in [-0.3, -0.25) is 4.57 Å². The second kappa shape index (κ2) is 6.38. The third kappa shape index (κ3) is 2.93. The van der Waals surface area contributed by atoms with E-state index in [9.17, 15) is 4.79 Å². The van der Waals surface area contributed by atoms with Crippen LogP contribution in [0.3, 0.4) is 0 Å². The SMILES string of the molecule is CC(C)N=c1n(C(C)C)c(=O)n(-c2ccccc2)n1C(C)C. The zero-order valence-electron chi connectivity index (χ0n) is 14.3. The average molecular weight is 302 g/mol. The van der Waals surface area contributed by atoms with Crippen molar-refractivity contribution >= 4 is 0 Å². The van der Waals surface area contributed by atoms with Crippen LogP contribution in [0.25, 0.3) is 5.69 Å². The fraction of sp³-hybridized carbons (Fsp3) is 0.529. The van der Waals surface area contributed by atoms with E-state index in [2.05, 4.69) is 13.8 Å². The molecule has 0 N–H and O–H groups in total. The Hall–Kier alpha value is -2.04. The van der Waals surface area contributed by atoms with Crippen LogP contribution < -0.4 is 11.3 Å². The molecule has 0 spiro atoms. The highest BCUT2D eigenvalue weighted by Gasteiger charge is 2.19.